The molecular weight excluding hydrogens is 441 g/mol. The highest BCUT2D eigenvalue weighted by atomic mass is 35.5. The predicted molar refractivity (Wildman–Crippen MR) is 129 cm³/mol. The minimum Gasteiger partial charge on any atom is -0.352 e. The number of hydrogen-bond donors (Lipinski definition) is 1. The maximum Gasteiger partial charge on any atom is 0.322 e. The first-order valence-electron chi connectivity index (χ1n) is 10.7. The Hall–Kier alpha value is -3.71. The molecule has 4 aromatic rings. The third kappa shape index (κ3) is 4.32. The highest BCUT2D eigenvalue weighted by molar-refractivity contribution is 6.33. The molecular formula is C25H21ClFN5O. The van der Waals surface area contributed by atoms with Gasteiger partial charge in [0, 0.05) is 31.7 Å². The van der Waals surface area contributed by atoms with Crippen LogP contribution < -0.4 is 10.2 Å². The van der Waals surface area contributed by atoms with Gasteiger partial charge in [-0.1, -0.05) is 60.1 Å². The van der Waals surface area contributed by atoms with Crippen LogP contribution in [0.3, 0.4) is 0 Å². The first-order valence-corrected chi connectivity index (χ1v) is 11.0. The van der Waals surface area contributed by atoms with Gasteiger partial charge in [0.15, 0.2) is 5.82 Å². The molecule has 1 aromatic heterocycles. The zero-order valence-corrected chi connectivity index (χ0v) is 18.5. The molecule has 0 spiro atoms. The van der Waals surface area contributed by atoms with E-state index >= 15 is 0 Å². The Balaban J connectivity index is 1.25. The molecule has 1 aliphatic heterocycles. The highest BCUT2D eigenvalue weighted by Crippen LogP contribution is 2.28. The number of nitrogens with one attached hydrogen (secondary N) is 1. The molecule has 0 radical (unpaired) electrons. The van der Waals surface area contributed by atoms with E-state index in [0.29, 0.717) is 26.2 Å². The molecule has 2 heterocycles. The number of aromatic nitrogens is 2. The second-order valence-corrected chi connectivity index (χ2v) is 8.21. The van der Waals surface area contributed by atoms with Gasteiger partial charge in [0.1, 0.15) is 5.82 Å². The molecule has 1 fully saturated rings. The van der Waals surface area contributed by atoms with Crippen LogP contribution in [0.15, 0.2) is 72.8 Å². The van der Waals surface area contributed by atoms with Crippen molar-refractivity contribution in [3.8, 4) is 11.3 Å². The number of piperazine rings is 1. The third-order valence-electron chi connectivity index (χ3n) is 5.80. The number of rotatable bonds is 3. The topological polar surface area (TPSA) is 61.4 Å². The average molecular weight is 462 g/mol. The SMILES string of the molecule is O=C(Nc1c(F)cccc1Cl)N1CCN(c2ccc(-c3cccc4ccccc34)nn2)CC1. The van der Waals surface area contributed by atoms with E-state index in [1.807, 2.05) is 36.4 Å². The van der Waals surface area contributed by atoms with Crippen molar-refractivity contribution in [3.63, 3.8) is 0 Å². The molecule has 0 aliphatic carbocycles. The van der Waals surface area contributed by atoms with E-state index in [0.717, 1.165) is 27.8 Å². The Morgan fingerprint density at radius 3 is 2.39 bits per heavy atom. The van der Waals surface area contributed by atoms with Gasteiger partial charge in [0.05, 0.1) is 16.4 Å². The van der Waals surface area contributed by atoms with Gasteiger partial charge in [-0.25, -0.2) is 9.18 Å². The number of anilines is 2. The Kier molecular flexibility index (Phi) is 5.79. The lowest BCUT2D eigenvalue weighted by Crippen LogP contribution is -2.50. The molecule has 166 valence electrons. The van der Waals surface area contributed by atoms with Crippen LogP contribution in [-0.2, 0) is 0 Å². The second-order valence-electron chi connectivity index (χ2n) is 7.80. The zero-order valence-electron chi connectivity index (χ0n) is 17.7. The van der Waals surface area contributed by atoms with Crippen LogP contribution >= 0.6 is 11.6 Å². The van der Waals surface area contributed by atoms with E-state index in [2.05, 4.69) is 38.6 Å². The van der Waals surface area contributed by atoms with Crippen molar-refractivity contribution in [1.29, 1.82) is 0 Å². The van der Waals surface area contributed by atoms with Crippen molar-refractivity contribution in [2.75, 3.05) is 36.4 Å². The quantitative estimate of drug-likeness (QED) is 0.441. The summed E-state index contributed by atoms with van der Waals surface area (Å²) in [7, 11) is 0. The van der Waals surface area contributed by atoms with Crippen molar-refractivity contribution in [2.45, 2.75) is 0 Å². The Morgan fingerprint density at radius 1 is 0.879 bits per heavy atom. The van der Waals surface area contributed by atoms with Gasteiger partial charge in [0.2, 0.25) is 0 Å². The van der Waals surface area contributed by atoms with Crippen molar-refractivity contribution < 1.29 is 9.18 Å². The second kappa shape index (κ2) is 9.03. The molecule has 33 heavy (non-hydrogen) atoms. The lowest BCUT2D eigenvalue weighted by Gasteiger charge is -2.35. The number of amides is 2. The first-order chi connectivity index (χ1) is 16.1. The number of benzene rings is 3. The van der Waals surface area contributed by atoms with Gasteiger partial charge >= 0.3 is 6.03 Å². The summed E-state index contributed by atoms with van der Waals surface area (Å²) < 4.78 is 14.0. The molecule has 5 rings (SSSR count). The summed E-state index contributed by atoms with van der Waals surface area (Å²) in [6.07, 6.45) is 0. The van der Waals surface area contributed by atoms with Crippen LogP contribution in [0, 0.1) is 5.82 Å². The molecule has 1 aliphatic rings. The molecule has 0 unspecified atom stereocenters. The van der Waals surface area contributed by atoms with E-state index in [-0.39, 0.29) is 16.7 Å². The molecule has 1 N–H and O–H groups in total. The molecule has 0 atom stereocenters. The van der Waals surface area contributed by atoms with Crippen LogP contribution in [-0.4, -0.2) is 47.3 Å². The standard InChI is InChI=1S/C25H21ClFN5O/c26-20-9-4-10-21(27)24(20)28-25(33)32-15-13-31(14-16-32)23-12-11-22(29-30-23)19-8-3-6-17-5-1-2-7-18(17)19/h1-12H,13-16H2,(H,28,33). The fraction of sp³-hybridized carbons (Fsp3) is 0.160. The maximum atomic E-state index is 14.0. The van der Waals surface area contributed by atoms with Gasteiger partial charge in [-0.15, -0.1) is 10.2 Å². The minimum absolute atomic E-state index is 0.00138. The largest absolute Gasteiger partial charge is 0.352 e. The number of carbonyl (C=O) groups excluding carboxylic acids is 1. The summed E-state index contributed by atoms with van der Waals surface area (Å²) in [4.78, 5) is 16.3. The van der Waals surface area contributed by atoms with E-state index in [1.54, 1.807) is 11.0 Å². The van der Waals surface area contributed by atoms with Crippen LogP contribution in [0.4, 0.5) is 20.7 Å². The van der Waals surface area contributed by atoms with Gasteiger partial charge < -0.3 is 15.1 Å². The number of fused-ring (bicyclic) bond motifs is 1. The van der Waals surface area contributed by atoms with Crippen LogP contribution in [0.2, 0.25) is 5.02 Å². The van der Waals surface area contributed by atoms with Crippen molar-refractivity contribution >= 4 is 39.9 Å². The average Bonchev–Trinajstić information content (AvgIpc) is 2.86. The summed E-state index contributed by atoms with van der Waals surface area (Å²) in [6, 6.07) is 22.2. The number of halogens is 2. The smallest absolute Gasteiger partial charge is 0.322 e. The van der Waals surface area contributed by atoms with Gasteiger partial charge in [-0.05, 0) is 35.0 Å². The monoisotopic (exact) mass is 461 g/mol. The number of nitrogens with zero attached hydrogens (tertiary/aromatic N) is 4. The number of urea groups is 1. The predicted octanol–water partition coefficient (Wildman–Crippen LogP) is 5.44. The summed E-state index contributed by atoms with van der Waals surface area (Å²) in [6.45, 7) is 2.15. The van der Waals surface area contributed by atoms with Crippen LogP contribution in [0.1, 0.15) is 0 Å². The summed E-state index contributed by atoms with van der Waals surface area (Å²) >= 11 is 6.01. The normalized spacial score (nSPS) is 13.9. The van der Waals surface area contributed by atoms with Gasteiger partial charge in [-0.2, -0.15) is 0 Å². The lowest BCUT2D eigenvalue weighted by molar-refractivity contribution is 0.208. The Labute approximate surface area is 195 Å². The molecule has 1 saturated heterocycles. The van der Waals surface area contributed by atoms with E-state index in [4.69, 9.17) is 11.6 Å². The molecule has 0 saturated carbocycles. The summed E-state index contributed by atoms with van der Waals surface area (Å²) in [5, 5.41) is 13.9. The third-order valence-corrected chi connectivity index (χ3v) is 6.12. The molecule has 2 amide bonds. The van der Waals surface area contributed by atoms with E-state index in [9.17, 15) is 9.18 Å². The minimum atomic E-state index is -0.559. The molecule has 0 bridgehead atoms. The zero-order chi connectivity index (χ0) is 22.8. The van der Waals surface area contributed by atoms with Crippen LogP contribution in [0.5, 0.6) is 0 Å². The molecule has 8 heteroatoms. The number of carbonyl (C=O) groups is 1. The summed E-state index contributed by atoms with van der Waals surface area (Å²) in [5.41, 5.74) is 1.86. The van der Waals surface area contributed by atoms with Gasteiger partial charge in [-0.3, -0.25) is 0 Å². The van der Waals surface area contributed by atoms with Crippen LogP contribution in [0.25, 0.3) is 22.0 Å². The number of hydrogen-bond acceptors (Lipinski definition) is 4. The maximum absolute atomic E-state index is 14.0. The highest BCUT2D eigenvalue weighted by Gasteiger charge is 2.23. The van der Waals surface area contributed by atoms with E-state index in [1.165, 1.54) is 12.1 Å². The molecule has 3 aromatic carbocycles. The Morgan fingerprint density at radius 2 is 1.64 bits per heavy atom. The van der Waals surface area contributed by atoms with E-state index < -0.39 is 5.82 Å². The van der Waals surface area contributed by atoms with Crippen molar-refractivity contribution in [1.82, 2.24) is 15.1 Å². The fourth-order valence-electron chi connectivity index (χ4n) is 4.03. The number of para-hydroxylation sites is 1. The Bertz CT molecular complexity index is 1280. The summed E-state index contributed by atoms with van der Waals surface area (Å²) in [5.74, 6) is 0.201. The first kappa shape index (κ1) is 21.2. The fourth-order valence-corrected chi connectivity index (χ4v) is 4.24. The van der Waals surface area contributed by atoms with Crippen molar-refractivity contribution in [2.24, 2.45) is 0 Å². The lowest BCUT2D eigenvalue weighted by atomic mass is 10.0. The van der Waals surface area contributed by atoms with Crippen molar-refractivity contribution in [3.05, 3.63) is 83.6 Å². The van der Waals surface area contributed by atoms with Gasteiger partial charge in [0.25, 0.3) is 0 Å². The molecule has 6 nitrogen and oxygen atoms in total.